The van der Waals surface area contributed by atoms with Crippen LogP contribution in [0.5, 0.6) is 0 Å². The fourth-order valence-electron chi connectivity index (χ4n) is 5.85. The minimum Gasteiger partial charge on any atom is -0.394 e. The van der Waals surface area contributed by atoms with E-state index in [-0.39, 0.29) is 37.7 Å². The number of aliphatic hydroxyl groups is 3. The molecule has 3 unspecified atom stereocenters. The second kappa shape index (κ2) is 10.1. The quantitative estimate of drug-likeness (QED) is 0.258. The normalized spacial score (nSPS) is 36.0. The second-order valence-corrected chi connectivity index (χ2v) is 11.7. The molecule has 4 N–H and O–H groups in total. The molecular formula is C25H32F2N6O4S. The van der Waals surface area contributed by atoms with Crippen molar-refractivity contribution in [2.45, 2.75) is 80.8 Å². The number of fused-ring (bicyclic) bond motifs is 1. The highest BCUT2D eigenvalue weighted by Gasteiger charge is 2.68. The van der Waals surface area contributed by atoms with Crippen LogP contribution in [0.1, 0.15) is 45.1 Å². The highest BCUT2D eigenvalue weighted by Crippen LogP contribution is 2.62. The number of thioether (sulfide) groups is 1. The Bertz CT molecular complexity index is 1280. The van der Waals surface area contributed by atoms with E-state index >= 15 is 0 Å². The number of anilines is 1. The third-order valence-electron chi connectivity index (χ3n) is 8.11. The van der Waals surface area contributed by atoms with Crippen LogP contribution in [0.25, 0.3) is 11.2 Å². The lowest BCUT2D eigenvalue weighted by atomic mass is 10.0. The summed E-state index contributed by atoms with van der Waals surface area (Å²) in [6.07, 6.45) is 1.99. The van der Waals surface area contributed by atoms with Gasteiger partial charge in [0, 0.05) is 29.5 Å². The van der Waals surface area contributed by atoms with E-state index in [1.807, 2.05) is 0 Å². The highest BCUT2D eigenvalue weighted by atomic mass is 32.2. The van der Waals surface area contributed by atoms with Gasteiger partial charge in [-0.15, -0.1) is 5.10 Å². The molecule has 0 aromatic carbocycles. The monoisotopic (exact) mass is 550 g/mol. The largest absolute Gasteiger partial charge is 0.394 e. The summed E-state index contributed by atoms with van der Waals surface area (Å²) in [4.78, 5) is 9.40. The Labute approximate surface area is 222 Å². The molecule has 4 aliphatic rings. The summed E-state index contributed by atoms with van der Waals surface area (Å²) in [6, 6.07) is -0.556. The number of halogens is 2. The van der Waals surface area contributed by atoms with E-state index in [4.69, 9.17) is 14.8 Å². The van der Waals surface area contributed by atoms with Crippen LogP contribution in [0.3, 0.4) is 0 Å². The molecule has 3 fully saturated rings. The maximum Gasteiger partial charge on any atom is 0.191 e. The lowest BCUT2D eigenvalue weighted by molar-refractivity contribution is -0.0223. The molecule has 0 amide bonds. The molecule has 2 heterocycles. The Morgan fingerprint density at radius 2 is 2.13 bits per heavy atom. The molecule has 4 aliphatic carbocycles. The Balaban J connectivity index is 1.26. The Kier molecular flexibility index (Phi) is 6.92. The lowest BCUT2D eigenvalue weighted by Gasteiger charge is -2.17. The first-order valence-corrected chi connectivity index (χ1v) is 14.2. The fraction of sp³-hybridized carbons (Fsp3) is 0.680. The van der Waals surface area contributed by atoms with Crippen LogP contribution in [-0.2, 0) is 4.74 Å². The number of ether oxygens (including phenoxy) is 1. The van der Waals surface area contributed by atoms with E-state index in [1.165, 1.54) is 17.8 Å². The van der Waals surface area contributed by atoms with Crippen molar-refractivity contribution in [3.63, 3.8) is 0 Å². The zero-order valence-electron chi connectivity index (χ0n) is 21.0. The molecule has 206 valence electrons. The summed E-state index contributed by atoms with van der Waals surface area (Å²) < 4.78 is 34.6. The maximum absolute atomic E-state index is 13.8. The predicted octanol–water partition coefficient (Wildman–Crippen LogP) is 2.48. The molecule has 2 aromatic rings. The van der Waals surface area contributed by atoms with Gasteiger partial charge in [0.25, 0.3) is 0 Å². The second-order valence-electron chi connectivity index (χ2n) is 10.7. The van der Waals surface area contributed by atoms with Crippen LogP contribution < -0.4 is 5.32 Å². The van der Waals surface area contributed by atoms with Crippen molar-refractivity contribution in [3.8, 4) is 0 Å². The molecule has 0 aliphatic heterocycles. The van der Waals surface area contributed by atoms with E-state index < -0.39 is 35.7 Å². The number of nitrogens with one attached hydrogen (secondary N) is 1. The Morgan fingerprint density at radius 3 is 2.89 bits per heavy atom. The van der Waals surface area contributed by atoms with Crippen molar-refractivity contribution >= 4 is 28.7 Å². The molecule has 3 saturated carbocycles. The van der Waals surface area contributed by atoms with E-state index in [1.54, 1.807) is 10.8 Å². The summed E-state index contributed by atoms with van der Waals surface area (Å²) in [5.41, 5.74) is 1.12. The minimum atomic E-state index is -1.56. The fourth-order valence-corrected chi connectivity index (χ4v) is 6.55. The van der Waals surface area contributed by atoms with E-state index in [9.17, 15) is 19.0 Å². The van der Waals surface area contributed by atoms with Gasteiger partial charge in [-0.25, -0.2) is 23.4 Å². The van der Waals surface area contributed by atoms with Gasteiger partial charge in [0.1, 0.15) is 11.9 Å². The number of hydrogen-bond acceptors (Lipinski definition) is 10. The van der Waals surface area contributed by atoms with Gasteiger partial charge in [-0.05, 0) is 37.3 Å². The molecule has 13 heteroatoms. The van der Waals surface area contributed by atoms with Gasteiger partial charge in [-0.2, -0.15) is 0 Å². The standard InChI is InChI=1S/C25H32F2N6O4S/c1-2-7-38-24-29-22(28-16-9-13(16)12-3-4-14(26)15(27)8-12)19-23(30-24)33(32-31-19)17-10-25(21(36)20(17)35)11-18(25)37-6-5-34/h3,8,13-14,16-18,20-21,34-36H,2,4-7,9-11H2,1H3,(H,28,29,30)/t13-,14?,16+,17+,18?,20-,21-,25?/m0/s1. The summed E-state index contributed by atoms with van der Waals surface area (Å²) in [7, 11) is 0. The topological polar surface area (TPSA) is 138 Å². The van der Waals surface area contributed by atoms with Gasteiger partial charge < -0.3 is 25.4 Å². The van der Waals surface area contributed by atoms with E-state index in [0.29, 0.717) is 35.0 Å². The number of allylic oxidation sites excluding steroid dienone is 3. The number of rotatable bonds is 10. The van der Waals surface area contributed by atoms with E-state index in [2.05, 4.69) is 27.5 Å². The van der Waals surface area contributed by atoms with Crippen LogP contribution in [0.2, 0.25) is 0 Å². The van der Waals surface area contributed by atoms with Crippen LogP contribution in [0, 0.1) is 11.3 Å². The van der Waals surface area contributed by atoms with Crippen molar-refractivity contribution in [2.75, 3.05) is 24.3 Å². The Hall–Kier alpha value is -2.19. The number of alkyl halides is 1. The summed E-state index contributed by atoms with van der Waals surface area (Å²) >= 11 is 1.51. The first-order valence-electron chi connectivity index (χ1n) is 13.2. The third kappa shape index (κ3) is 4.51. The molecule has 2 aromatic heterocycles. The van der Waals surface area contributed by atoms with Crippen LogP contribution in [0.15, 0.2) is 28.7 Å². The summed E-state index contributed by atoms with van der Waals surface area (Å²) in [5, 5.41) is 43.6. The van der Waals surface area contributed by atoms with Gasteiger partial charge in [0.2, 0.25) is 0 Å². The zero-order valence-corrected chi connectivity index (χ0v) is 21.8. The average Bonchev–Trinajstić information content (AvgIpc) is 3.77. The average molecular weight is 551 g/mol. The van der Waals surface area contributed by atoms with Crippen molar-refractivity contribution in [1.29, 1.82) is 0 Å². The minimum absolute atomic E-state index is 0.00760. The van der Waals surface area contributed by atoms with Crippen molar-refractivity contribution in [3.05, 3.63) is 23.6 Å². The molecule has 8 atom stereocenters. The van der Waals surface area contributed by atoms with Gasteiger partial charge >= 0.3 is 0 Å². The molecule has 0 radical (unpaired) electrons. The lowest BCUT2D eigenvalue weighted by Crippen LogP contribution is -2.32. The molecule has 6 rings (SSSR count). The SMILES string of the molecule is CCCSc1nc(N[C@@H]2C[C@H]2C2=CCC(F)C(F)=C2)c2nnn([C@@H]3CC4(CC4OCCO)[C@@H](O)[C@H]3O)c2n1. The summed E-state index contributed by atoms with van der Waals surface area (Å²) in [6.45, 7) is 2.15. The molecule has 0 saturated heterocycles. The molecular weight excluding hydrogens is 518 g/mol. The molecule has 0 bridgehead atoms. The molecule has 10 nitrogen and oxygen atoms in total. The first kappa shape index (κ1) is 26.1. The highest BCUT2D eigenvalue weighted by molar-refractivity contribution is 7.99. The molecule has 1 spiro atoms. The van der Waals surface area contributed by atoms with Gasteiger partial charge in [-0.3, -0.25) is 0 Å². The number of aromatic nitrogens is 5. The maximum atomic E-state index is 13.8. The van der Waals surface area contributed by atoms with Crippen molar-refractivity contribution in [2.24, 2.45) is 11.3 Å². The third-order valence-corrected chi connectivity index (χ3v) is 9.16. The summed E-state index contributed by atoms with van der Waals surface area (Å²) in [5.74, 6) is 0.651. The van der Waals surface area contributed by atoms with E-state index in [0.717, 1.165) is 24.2 Å². The van der Waals surface area contributed by atoms with Gasteiger partial charge in [-0.1, -0.05) is 30.0 Å². The molecule has 38 heavy (non-hydrogen) atoms. The smallest absolute Gasteiger partial charge is 0.191 e. The van der Waals surface area contributed by atoms with Gasteiger partial charge in [0.15, 0.2) is 28.3 Å². The predicted molar refractivity (Wildman–Crippen MR) is 136 cm³/mol. The van der Waals surface area contributed by atoms with Crippen LogP contribution in [-0.4, -0.2) is 89.8 Å². The van der Waals surface area contributed by atoms with Crippen molar-refractivity contribution < 1.29 is 28.8 Å². The number of hydrogen-bond donors (Lipinski definition) is 4. The first-order chi connectivity index (χ1) is 18.4. The number of aliphatic hydroxyl groups excluding tert-OH is 3. The zero-order chi connectivity index (χ0) is 26.6. The van der Waals surface area contributed by atoms with Crippen LogP contribution >= 0.6 is 11.8 Å². The van der Waals surface area contributed by atoms with Crippen LogP contribution in [0.4, 0.5) is 14.6 Å². The number of nitrogens with zero attached hydrogens (tertiary/aromatic N) is 5. The Morgan fingerprint density at radius 1 is 1.29 bits per heavy atom. The van der Waals surface area contributed by atoms with Gasteiger partial charge in [0.05, 0.1) is 31.5 Å². The van der Waals surface area contributed by atoms with Crippen molar-refractivity contribution in [1.82, 2.24) is 25.0 Å².